The Morgan fingerprint density at radius 1 is 1.23 bits per heavy atom. The molecule has 0 N–H and O–H groups in total. The maximum absolute atomic E-state index is 6.26. The Hall–Kier alpha value is -1.78. The molecule has 140 valence electrons. The Morgan fingerprint density at radius 2 is 1.96 bits per heavy atom. The van der Waals surface area contributed by atoms with E-state index in [1.165, 1.54) is 5.70 Å². The fourth-order valence-corrected chi connectivity index (χ4v) is 3.50. The Bertz CT molecular complexity index is 789. The molecule has 3 rings (SSSR count). The van der Waals surface area contributed by atoms with Crippen LogP contribution in [-0.2, 0) is 0 Å². The van der Waals surface area contributed by atoms with Gasteiger partial charge in [0, 0.05) is 43.7 Å². The molecule has 0 bridgehead atoms. The number of aromatic nitrogens is 1. The maximum Gasteiger partial charge on any atom is 0.192 e. The Kier molecular flexibility index (Phi) is 6.05. The van der Waals surface area contributed by atoms with Crippen LogP contribution in [0.2, 0.25) is 5.02 Å². The van der Waals surface area contributed by atoms with E-state index in [0.29, 0.717) is 10.9 Å². The normalized spacial score (nSPS) is 16.3. The molecule has 1 aromatic heterocycles. The standard InChI is InChI=1S/C21H28ClN3O/c1-5-6-7-19(25-12-10-24(4)11-13-25)20-21(26-16(3)23-20)18-14-17(22)9-8-15(18)2/h7-9,14H,5-6,10-13H2,1-4H3/b19-7-. The SMILES string of the molecule is CCC/C=C(/c1nc(C)oc1-c1cc(Cl)ccc1C)N1CCN(C)CC1. The van der Waals surface area contributed by atoms with Crippen LogP contribution in [0.5, 0.6) is 0 Å². The quantitative estimate of drug-likeness (QED) is 0.738. The van der Waals surface area contributed by atoms with Gasteiger partial charge in [-0.1, -0.05) is 37.1 Å². The van der Waals surface area contributed by atoms with Crippen LogP contribution in [0.3, 0.4) is 0 Å². The predicted molar refractivity (Wildman–Crippen MR) is 108 cm³/mol. The molecule has 1 aliphatic rings. The number of likely N-dealkylation sites (N-methyl/N-ethyl adjacent to an activating group) is 1. The van der Waals surface area contributed by atoms with E-state index >= 15 is 0 Å². The van der Waals surface area contributed by atoms with Gasteiger partial charge in [-0.3, -0.25) is 0 Å². The zero-order valence-corrected chi connectivity index (χ0v) is 16.9. The van der Waals surface area contributed by atoms with E-state index in [1.807, 2.05) is 25.1 Å². The summed E-state index contributed by atoms with van der Waals surface area (Å²) < 4.78 is 6.06. The van der Waals surface area contributed by atoms with Crippen LogP contribution in [0.25, 0.3) is 17.0 Å². The lowest BCUT2D eigenvalue weighted by atomic mass is 10.0. The van der Waals surface area contributed by atoms with Gasteiger partial charge in [-0.15, -0.1) is 0 Å². The van der Waals surface area contributed by atoms with Crippen LogP contribution in [-0.4, -0.2) is 48.0 Å². The van der Waals surface area contributed by atoms with Crippen molar-refractivity contribution in [3.05, 3.63) is 46.4 Å². The van der Waals surface area contributed by atoms with Crippen molar-refractivity contribution in [2.45, 2.75) is 33.6 Å². The second kappa shape index (κ2) is 8.28. The van der Waals surface area contributed by atoms with Gasteiger partial charge in [0.15, 0.2) is 11.7 Å². The van der Waals surface area contributed by atoms with Crippen molar-refractivity contribution in [2.24, 2.45) is 0 Å². The first-order valence-electron chi connectivity index (χ1n) is 9.37. The smallest absolute Gasteiger partial charge is 0.192 e. The third-order valence-electron chi connectivity index (χ3n) is 4.89. The molecule has 0 spiro atoms. The number of nitrogens with zero attached hydrogens (tertiary/aromatic N) is 3. The van der Waals surface area contributed by atoms with Gasteiger partial charge in [0.05, 0.1) is 5.70 Å². The summed E-state index contributed by atoms with van der Waals surface area (Å²) in [5.41, 5.74) is 4.28. The van der Waals surface area contributed by atoms with Gasteiger partial charge in [0.2, 0.25) is 0 Å². The summed E-state index contributed by atoms with van der Waals surface area (Å²) in [7, 11) is 2.17. The number of rotatable bonds is 5. The highest BCUT2D eigenvalue weighted by Crippen LogP contribution is 2.35. The largest absolute Gasteiger partial charge is 0.440 e. The summed E-state index contributed by atoms with van der Waals surface area (Å²) in [4.78, 5) is 9.58. The molecule has 1 aromatic carbocycles. The number of aryl methyl sites for hydroxylation is 2. The molecule has 2 heterocycles. The molecular formula is C21H28ClN3O. The molecular weight excluding hydrogens is 346 g/mol. The number of hydrogen-bond donors (Lipinski definition) is 0. The molecule has 0 atom stereocenters. The zero-order chi connectivity index (χ0) is 18.7. The number of benzene rings is 1. The molecule has 5 heteroatoms. The van der Waals surface area contributed by atoms with Crippen molar-refractivity contribution >= 4 is 17.3 Å². The fraction of sp³-hybridized carbons (Fsp3) is 0.476. The first-order chi connectivity index (χ1) is 12.5. The topological polar surface area (TPSA) is 32.5 Å². The minimum Gasteiger partial charge on any atom is -0.440 e. The predicted octanol–water partition coefficient (Wildman–Crippen LogP) is 5.00. The third-order valence-corrected chi connectivity index (χ3v) is 5.13. The maximum atomic E-state index is 6.26. The van der Waals surface area contributed by atoms with E-state index < -0.39 is 0 Å². The van der Waals surface area contributed by atoms with Crippen molar-refractivity contribution in [1.29, 1.82) is 0 Å². The van der Waals surface area contributed by atoms with Gasteiger partial charge in [-0.25, -0.2) is 4.98 Å². The van der Waals surface area contributed by atoms with E-state index in [9.17, 15) is 0 Å². The van der Waals surface area contributed by atoms with Crippen molar-refractivity contribution in [2.75, 3.05) is 33.2 Å². The van der Waals surface area contributed by atoms with E-state index in [0.717, 1.165) is 61.6 Å². The molecule has 4 nitrogen and oxygen atoms in total. The molecule has 0 amide bonds. The first kappa shape index (κ1) is 19.0. The molecule has 0 aliphatic carbocycles. The van der Waals surface area contributed by atoms with Crippen LogP contribution in [0.15, 0.2) is 28.7 Å². The van der Waals surface area contributed by atoms with Crippen LogP contribution in [0.1, 0.15) is 36.9 Å². The lowest BCUT2D eigenvalue weighted by Gasteiger charge is -2.35. The highest BCUT2D eigenvalue weighted by atomic mass is 35.5. The highest BCUT2D eigenvalue weighted by Gasteiger charge is 2.24. The van der Waals surface area contributed by atoms with Crippen molar-refractivity contribution in [3.8, 4) is 11.3 Å². The van der Waals surface area contributed by atoms with Gasteiger partial charge in [0.25, 0.3) is 0 Å². The Balaban J connectivity index is 2.06. The lowest BCUT2D eigenvalue weighted by molar-refractivity contribution is 0.206. The highest BCUT2D eigenvalue weighted by molar-refractivity contribution is 6.30. The van der Waals surface area contributed by atoms with Gasteiger partial charge >= 0.3 is 0 Å². The Morgan fingerprint density at radius 3 is 2.65 bits per heavy atom. The molecule has 1 aliphatic heterocycles. The summed E-state index contributed by atoms with van der Waals surface area (Å²) >= 11 is 6.26. The average molecular weight is 374 g/mol. The minimum atomic E-state index is 0.686. The van der Waals surface area contributed by atoms with Crippen LogP contribution >= 0.6 is 11.6 Å². The lowest BCUT2D eigenvalue weighted by Crippen LogP contribution is -2.43. The summed E-state index contributed by atoms with van der Waals surface area (Å²) in [6, 6.07) is 5.92. The molecule has 0 radical (unpaired) electrons. The number of unbranched alkanes of at least 4 members (excludes halogenated alkanes) is 1. The van der Waals surface area contributed by atoms with E-state index in [1.54, 1.807) is 0 Å². The minimum absolute atomic E-state index is 0.686. The van der Waals surface area contributed by atoms with Crippen LogP contribution in [0, 0.1) is 13.8 Å². The first-order valence-corrected chi connectivity index (χ1v) is 9.75. The second-order valence-electron chi connectivity index (χ2n) is 7.04. The third kappa shape index (κ3) is 4.13. The summed E-state index contributed by atoms with van der Waals surface area (Å²) in [6.07, 6.45) is 4.45. The van der Waals surface area contributed by atoms with Gasteiger partial charge in [-0.2, -0.15) is 0 Å². The van der Waals surface area contributed by atoms with Gasteiger partial charge in [-0.05, 0) is 38.1 Å². The molecule has 1 fully saturated rings. The molecule has 0 unspecified atom stereocenters. The summed E-state index contributed by atoms with van der Waals surface area (Å²) in [5, 5.41) is 0.712. The number of allylic oxidation sites excluding steroid dienone is 1. The average Bonchev–Trinajstić information content (AvgIpc) is 3.00. The van der Waals surface area contributed by atoms with Gasteiger partial charge < -0.3 is 14.2 Å². The number of halogens is 1. The molecule has 1 saturated heterocycles. The van der Waals surface area contributed by atoms with Crippen molar-refractivity contribution in [3.63, 3.8) is 0 Å². The fourth-order valence-electron chi connectivity index (χ4n) is 3.33. The van der Waals surface area contributed by atoms with E-state index in [-0.39, 0.29) is 0 Å². The monoisotopic (exact) mass is 373 g/mol. The summed E-state index contributed by atoms with van der Waals surface area (Å²) in [6.45, 7) is 10.3. The summed E-state index contributed by atoms with van der Waals surface area (Å²) in [5.74, 6) is 1.51. The van der Waals surface area contributed by atoms with Crippen LogP contribution in [0.4, 0.5) is 0 Å². The second-order valence-corrected chi connectivity index (χ2v) is 7.47. The zero-order valence-electron chi connectivity index (χ0n) is 16.2. The molecule has 0 saturated carbocycles. The number of hydrogen-bond acceptors (Lipinski definition) is 4. The van der Waals surface area contributed by atoms with Crippen molar-refractivity contribution < 1.29 is 4.42 Å². The van der Waals surface area contributed by atoms with Gasteiger partial charge in [0.1, 0.15) is 5.69 Å². The molecule has 2 aromatic rings. The van der Waals surface area contributed by atoms with Crippen molar-refractivity contribution in [1.82, 2.24) is 14.8 Å². The van der Waals surface area contributed by atoms with E-state index in [2.05, 4.69) is 36.8 Å². The Labute approximate surface area is 161 Å². The number of oxazole rings is 1. The van der Waals surface area contributed by atoms with Crippen LogP contribution < -0.4 is 0 Å². The van der Waals surface area contributed by atoms with E-state index in [4.69, 9.17) is 21.0 Å². The number of piperazine rings is 1. The molecule has 26 heavy (non-hydrogen) atoms.